The Kier molecular flexibility index (Phi) is 6.78. The van der Waals surface area contributed by atoms with Crippen LogP contribution in [0.15, 0.2) is 88.6 Å². The minimum atomic E-state index is -0.786. The Morgan fingerprint density at radius 2 is 1.51 bits per heavy atom. The van der Waals surface area contributed by atoms with Crippen molar-refractivity contribution in [2.24, 2.45) is 0 Å². The van der Waals surface area contributed by atoms with Crippen LogP contribution in [0.25, 0.3) is 21.8 Å². The normalized spacial score (nSPS) is 19.3. The van der Waals surface area contributed by atoms with Crippen LogP contribution in [0.2, 0.25) is 0 Å². The van der Waals surface area contributed by atoms with Crippen molar-refractivity contribution in [1.82, 2.24) is 24.4 Å². The van der Waals surface area contributed by atoms with Gasteiger partial charge < -0.3 is 9.84 Å². The Hall–Kier alpha value is -4.18. The Bertz CT molecular complexity index is 1680. The summed E-state index contributed by atoms with van der Waals surface area (Å²) in [5.41, 5.74) is 3.05. The molecule has 4 heterocycles. The number of aryl methyl sites for hydroxylation is 1. The summed E-state index contributed by atoms with van der Waals surface area (Å²) in [7, 11) is 0. The number of benzene rings is 2. The second kappa shape index (κ2) is 10.5. The van der Waals surface area contributed by atoms with Crippen LogP contribution >= 0.6 is 0 Å². The molecule has 9 nitrogen and oxygen atoms in total. The predicted octanol–water partition coefficient (Wildman–Crippen LogP) is 3.29. The molecule has 3 unspecified atom stereocenters. The summed E-state index contributed by atoms with van der Waals surface area (Å²) in [6.07, 6.45) is -0.281. The van der Waals surface area contributed by atoms with Gasteiger partial charge in [-0.05, 0) is 31.2 Å². The largest absolute Gasteiger partial charge is 0.390 e. The van der Waals surface area contributed by atoms with Gasteiger partial charge in [-0.15, -0.1) is 0 Å². The molecule has 0 aliphatic carbocycles. The third-order valence-electron chi connectivity index (χ3n) is 7.18. The predicted molar refractivity (Wildman–Crippen MR) is 148 cm³/mol. The zero-order valence-corrected chi connectivity index (χ0v) is 21.5. The minimum Gasteiger partial charge on any atom is -0.390 e. The van der Waals surface area contributed by atoms with Crippen molar-refractivity contribution in [3.8, 4) is 0 Å². The summed E-state index contributed by atoms with van der Waals surface area (Å²) in [5.74, 6) is 0. The van der Waals surface area contributed by atoms with Crippen LogP contribution in [0.4, 0.5) is 0 Å². The summed E-state index contributed by atoms with van der Waals surface area (Å²) in [5, 5.41) is 13.1. The SMILES string of the molecule is Cc1cn(C2CC(O)C(CN(Cc3ccc4ccccc4n3)Cc3ccc4ccccc4n3)O2)c(=O)[nH]c1=O. The van der Waals surface area contributed by atoms with Crippen molar-refractivity contribution in [3.05, 3.63) is 117 Å². The number of nitrogens with one attached hydrogen (secondary N) is 1. The van der Waals surface area contributed by atoms with Gasteiger partial charge in [-0.3, -0.25) is 29.2 Å². The quantitative estimate of drug-likeness (QED) is 0.337. The molecule has 0 bridgehead atoms. The zero-order chi connectivity index (χ0) is 26.9. The molecule has 3 atom stereocenters. The lowest BCUT2D eigenvalue weighted by molar-refractivity contribution is -0.0389. The Morgan fingerprint density at radius 1 is 0.923 bits per heavy atom. The van der Waals surface area contributed by atoms with Crippen molar-refractivity contribution in [3.63, 3.8) is 0 Å². The molecule has 1 aliphatic rings. The molecule has 0 radical (unpaired) electrons. The van der Waals surface area contributed by atoms with Gasteiger partial charge in [0.2, 0.25) is 0 Å². The standard InChI is InChI=1S/C30H29N5O4/c1-19-15-35(30(38)33-29(19)37)28-14-26(36)27(39-28)18-34(16-22-12-10-20-6-2-4-8-24(20)31-22)17-23-13-11-21-7-3-5-9-25(21)32-23/h2-13,15,26-28,36H,14,16-18H2,1H3,(H,33,37,38). The average molecular weight is 524 g/mol. The lowest BCUT2D eigenvalue weighted by Gasteiger charge is -2.26. The lowest BCUT2D eigenvalue weighted by atomic mass is 10.1. The molecule has 1 fully saturated rings. The van der Waals surface area contributed by atoms with Gasteiger partial charge in [-0.2, -0.15) is 0 Å². The summed E-state index contributed by atoms with van der Waals surface area (Å²) < 4.78 is 7.54. The number of fused-ring (bicyclic) bond motifs is 2. The van der Waals surface area contributed by atoms with E-state index < -0.39 is 29.7 Å². The van der Waals surface area contributed by atoms with E-state index in [1.807, 2.05) is 60.7 Å². The summed E-state index contributed by atoms with van der Waals surface area (Å²) in [6, 6.07) is 24.1. The molecular weight excluding hydrogens is 494 g/mol. The first-order valence-electron chi connectivity index (χ1n) is 13.0. The summed E-state index contributed by atoms with van der Waals surface area (Å²) in [4.78, 5) is 38.4. The van der Waals surface area contributed by atoms with Crippen LogP contribution in [0.3, 0.4) is 0 Å². The highest BCUT2D eigenvalue weighted by atomic mass is 16.5. The van der Waals surface area contributed by atoms with Crippen LogP contribution in [-0.2, 0) is 17.8 Å². The molecular formula is C30H29N5O4. The van der Waals surface area contributed by atoms with Gasteiger partial charge >= 0.3 is 5.69 Å². The fourth-order valence-corrected chi connectivity index (χ4v) is 5.14. The number of H-pyrrole nitrogens is 1. The van der Waals surface area contributed by atoms with Crippen LogP contribution in [0, 0.1) is 6.92 Å². The number of nitrogens with zero attached hydrogens (tertiary/aromatic N) is 4. The third kappa shape index (κ3) is 5.37. The monoisotopic (exact) mass is 523 g/mol. The molecule has 5 aromatic rings. The maximum Gasteiger partial charge on any atom is 0.330 e. The number of hydrogen-bond donors (Lipinski definition) is 2. The first-order valence-corrected chi connectivity index (χ1v) is 13.0. The second-order valence-corrected chi connectivity index (χ2v) is 10.1. The van der Waals surface area contributed by atoms with Gasteiger partial charge in [0.25, 0.3) is 5.56 Å². The first kappa shape index (κ1) is 25.1. The molecule has 3 aromatic heterocycles. The van der Waals surface area contributed by atoms with Crippen molar-refractivity contribution >= 4 is 21.8 Å². The number of hydrogen-bond acceptors (Lipinski definition) is 7. The van der Waals surface area contributed by atoms with E-state index >= 15 is 0 Å². The molecule has 198 valence electrons. The van der Waals surface area contributed by atoms with Gasteiger partial charge in [-0.1, -0.05) is 48.5 Å². The van der Waals surface area contributed by atoms with Gasteiger partial charge in [0.05, 0.1) is 34.6 Å². The Morgan fingerprint density at radius 3 is 2.13 bits per heavy atom. The van der Waals surface area contributed by atoms with E-state index in [4.69, 9.17) is 14.7 Å². The number of para-hydroxylation sites is 2. The maximum absolute atomic E-state index is 12.4. The highest BCUT2D eigenvalue weighted by Crippen LogP contribution is 2.29. The number of aliphatic hydroxyl groups excluding tert-OH is 1. The highest BCUT2D eigenvalue weighted by Gasteiger charge is 2.36. The number of aromatic amines is 1. The Balaban J connectivity index is 1.27. The topological polar surface area (TPSA) is 113 Å². The molecule has 0 amide bonds. The number of rotatable bonds is 7. The maximum atomic E-state index is 12.4. The fourth-order valence-electron chi connectivity index (χ4n) is 5.14. The first-order chi connectivity index (χ1) is 18.9. The van der Waals surface area contributed by atoms with Crippen molar-refractivity contribution in [2.45, 2.75) is 44.9 Å². The van der Waals surface area contributed by atoms with E-state index in [0.29, 0.717) is 25.2 Å². The number of aromatic nitrogens is 4. The number of aliphatic hydroxyl groups is 1. The van der Waals surface area contributed by atoms with Gasteiger partial charge in [-0.25, -0.2) is 4.79 Å². The molecule has 39 heavy (non-hydrogen) atoms. The fraction of sp³-hybridized carbons (Fsp3) is 0.267. The molecule has 0 saturated carbocycles. The van der Waals surface area contributed by atoms with Crippen LogP contribution in [-0.4, -0.2) is 48.3 Å². The van der Waals surface area contributed by atoms with Crippen LogP contribution in [0.5, 0.6) is 0 Å². The molecule has 2 N–H and O–H groups in total. The summed E-state index contributed by atoms with van der Waals surface area (Å²) >= 11 is 0. The van der Waals surface area contributed by atoms with Crippen molar-refractivity contribution in [1.29, 1.82) is 0 Å². The highest BCUT2D eigenvalue weighted by molar-refractivity contribution is 5.79. The van der Waals surface area contributed by atoms with Crippen LogP contribution in [0.1, 0.15) is 29.6 Å². The minimum absolute atomic E-state index is 0.242. The van der Waals surface area contributed by atoms with Crippen LogP contribution < -0.4 is 11.2 Å². The van der Waals surface area contributed by atoms with Crippen molar-refractivity contribution < 1.29 is 9.84 Å². The van der Waals surface area contributed by atoms with Gasteiger partial charge in [0.15, 0.2) is 0 Å². The third-order valence-corrected chi connectivity index (χ3v) is 7.18. The van der Waals surface area contributed by atoms with E-state index in [1.54, 1.807) is 6.92 Å². The van der Waals surface area contributed by atoms with E-state index in [0.717, 1.165) is 33.2 Å². The van der Waals surface area contributed by atoms with E-state index in [1.165, 1.54) is 10.8 Å². The number of pyridine rings is 2. The number of ether oxygens (including phenoxy) is 1. The molecule has 9 heteroatoms. The molecule has 6 rings (SSSR count). The van der Waals surface area contributed by atoms with E-state index in [2.05, 4.69) is 22.0 Å². The van der Waals surface area contributed by atoms with E-state index in [-0.39, 0.29) is 6.42 Å². The average Bonchev–Trinajstić information content (AvgIpc) is 3.30. The molecule has 2 aromatic carbocycles. The van der Waals surface area contributed by atoms with Gasteiger partial charge in [0, 0.05) is 48.6 Å². The smallest absolute Gasteiger partial charge is 0.330 e. The second-order valence-electron chi connectivity index (χ2n) is 10.1. The lowest BCUT2D eigenvalue weighted by Crippen LogP contribution is -2.37. The zero-order valence-electron chi connectivity index (χ0n) is 21.5. The molecule has 0 spiro atoms. The summed E-state index contributed by atoms with van der Waals surface area (Å²) in [6.45, 7) is 3.08. The van der Waals surface area contributed by atoms with Gasteiger partial charge in [0.1, 0.15) is 6.23 Å². The molecule has 1 aliphatic heterocycles. The van der Waals surface area contributed by atoms with Crippen molar-refractivity contribution in [2.75, 3.05) is 6.54 Å². The Labute approximate surface area is 224 Å². The van der Waals surface area contributed by atoms with E-state index in [9.17, 15) is 14.7 Å². The molecule has 1 saturated heterocycles.